The van der Waals surface area contributed by atoms with E-state index in [0.29, 0.717) is 5.69 Å². The number of aromatic nitrogens is 2. The summed E-state index contributed by atoms with van der Waals surface area (Å²) < 4.78 is 10.1. The molecule has 3 aliphatic rings. The van der Waals surface area contributed by atoms with Crippen LogP contribution >= 0.6 is 0 Å². The summed E-state index contributed by atoms with van der Waals surface area (Å²) in [6.45, 7) is 0. The second kappa shape index (κ2) is 2.85. The van der Waals surface area contributed by atoms with Gasteiger partial charge >= 0.3 is 5.97 Å². The summed E-state index contributed by atoms with van der Waals surface area (Å²) >= 11 is 0. The van der Waals surface area contributed by atoms with Gasteiger partial charge in [-0.2, -0.15) is 5.10 Å². The van der Waals surface area contributed by atoms with Crippen LogP contribution in [0, 0.1) is 0 Å². The second-order valence-electron chi connectivity index (χ2n) is 4.86. The highest BCUT2D eigenvalue weighted by molar-refractivity contribution is 5.87. The number of nitrogens with zero attached hydrogens (tertiary/aromatic N) is 1. The maximum atomic E-state index is 11.3. The molecule has 5 nitrogen and oxygen atoms in total. The highest BCUT2D eigenvalue weighted by Crippen LogP contribution is 2.69. The van der Waals surface area contributed by atoms with E-state index in [1.807, 2.05) is 0 Å². The summed E-state index contributed by atoms with van der Waals surface area (Å²) in [5.74, 6) is -0.393. The SMILES string of the molecule is COC(=O)c1cc(C23CC(OC)(C2)C3)[nH]n1. The van der Waals surface area contributed by atoms with Gasteiger partial charge in [0.25, 0.3) is 0 Å². The predicted octanol–water partition coefficient (Wildman–Crippen LogP) is 1.02. The van der Waals surface area contributed by atoms with Gasteiger partial charge in [0.15, 0.2) is 5.69 Å². The molecule has 1 N–H and O–H groups in total. The molecule has 1 heterocycles. The van der Waals surface area contributed by atoms with Crippen molar-refractivity contribution in [3.05, 3.63) is 17.5 Å². The molecule has 3 fully saturated rings. The Morgan fingerprint density at radius 2 is 2.12 bits per heavy atom. The van der Waals surface area contributed by atoms with Crippen molar-refractivity contribution in [3.63, 3.8) is 0 Å². The predicted molar refractivity (Wildman–Crippen MR) is 55.2 cm³/mol. The third kappa shape index (κ3) is 1.04. The molecular formula is C11H14N2O3. The minimum absolute atomic E-state index is 0.108. The highest BCUT2D eigenvalue weighted by Gasteiger charge is 2.70. The van der Waals surface area contributed by atoms with Crippen LogP contribution in [0.25, 0.3) is 0 Å². The van der Waals surface area contributed by atoms with Gasteiger partial charge < -0.3 is 9.47 Å². The minimum Gasteiger partial charge on any atom is -0.464 e. The van der Waals surface area contributed by atoms with Crippen molar-refractivity contribution in [2.45, 2.75) is 30.3 Å². The van der Waals surface area contributed by atoms with Crippen LogP contribution in [-0.4, -0.2) is 36.0 Å². The van der Waals surface area contributed by atoms with E-state index in [1.54, 1.807) is 13.2 Å². The van der Waals surface area contributed by atoms with Crippen molar-refractivity contribution < 1.29 is 14.3 Å². The Morgan fingerprint density at radius 3 is 2.69 bits per heavy atom. The maximum Gasteiger partial charge on any atom is 0.358 e. The third-order valence-electron chi connectivity index (χ3n) is 3.96. The van der Waals surface area contributed by atoms with Crippen LogP contribution in [0.5, 0.6) is 0 Å². The van der Waals surface area contributed by atoms with Gasteiger partial charge in [0, 0.05) is 18.2 Å². The van der Waals surface area contributed by atoms with Crippen LogP contribution in [0.3, 0.4) is 0 Å². The summed E-state index contributed by atoms with van der Waals surface area (Å²) in [5.41, 5.74) is 1.67. The van der Waals surface area contributed by atoms with Gasteiger partial charge in [-0.25, -0.2) is 4.79 Å². The number of esters is 1. The van der Waals surface area contributed by atoms with Crippen molar-refractivity contribution in [3.8, 4) is 0 Å². The van der Waals surface area contributed by atoms with E-state index in [4.69, 9.17) is 4.74 Å². The smallest absolute Gasteiger partial charge is 0.358 e. The number of rotatable bonds is 3. The molecule has 1 aromatic rings. The van der Waals surface area contributed by atoms with Crippen molar-refractivity contribution in [2.24, 2.45) is 0 Å². The standard InChI is InChI=1S/C11H14N2O3/c1-15-9(14)7-3-8(13-12-7)10-4-11(5-10,6-10)16-2/h3H,4-6H2,1-2H3,(H,12,13). The summed E-state index contributed by atoms with van der Waals surface area (Å²) in [6.07, 6.45) is 3.08. The van der Waals surface area contributed by atoms with Crippen LogP contribution in [-0.2, 0) is 14.9 Å². The zero-order valence-corrected chi connectivity index (χ0v) is 9.37. The molecule has 0 amide bonds. The molecule has 0 aromatic carbocycles. The monoisotopic (exact) mass is 222 g/mol. The maximum absolute atomic E-state index is 11.3. The molecule has 16 heavy (non-hydrogen) atoms. The molecule has 4 rings (SSSR count). The van der Waals surface area contributed by atoms with Gasteiger partial charge in [0.05, 0.1) is 12.7 Å². The molecular weight excluding hydrogens is 208 g/mol. The minimum atomic E-state index is -0.393. The van der Waals surface area contributed by atoms with Crippen LogP contribution in [0.15, 0.2) is 6.07 Å². The molecule has 0 atom stereocenters. The summed E-state index contributed by atoms with van der Waals surface area (Å²) in [4.78, 5) is 11.3. The van der Waals surface area contributed by atoms with Gasteiger partial charge in [-0.3, -0.25) is 5.10 Å². The molecule has 0 unspecified atom stereocenters. The van der Waals surface area contributed by atoms with Crippen LogP contribution in [0.2, 0.25) is 0 Å². The van der Waals surface area contributed by atoms with E-state index < -0.39 is 5.97 Å². The Kier molecular flexibility index (Phi) is 1.75. The largest absolute Gasteiger partial charge is 0.464 e. The fraction of sp³-hybridized carbons (Fsp3) is 0.636. The molecule has 5 heteroatoms. The van der Waals surface area contributed by atoms with Gasteiger partial charge in [-0.15, -0.1) is 0 Å². The van der Waals surface area contributed by atoms with Crippen molar-refractivity contribution in [1.29, 1.82) is 0 Å². The molecule has 0 saturated heterocycles. The molecule has 1 aromatic heterocycles. The first-order valence-corrected chi connectivity index (χ1v) is 5.32. The number of methoxy groups -OCH3 is 2. The van der Waals surface area contributed by atoms with E-state index in [1.165, 1.54) is 7.11 Å². The number of H-pyrrole nitrogens is 1. The molecule has 0 radical (unpaired) electrons. The first-order chi connectivity index (χ1) is 7.63. The summed E-state index contributed by atoms with van der Waals surface area (Å²) in [7, 11) is 3.12. The fourth-order valence-corrected chi connectivity index (χ4v) is 3.00. The lowest BCUT2D eigenvalue weighted by molar-refractivity contribution is -0.233. The van der Waals surface area contributed by atoms with Gasteiger partial charge in [0.1, 0.15) is 0 Å². The average molecular weight is 222 g/mol. The lowest BCUT2D eigenvalue weighted by Gasteiger charge is -2.69. The molecule has 0 aliphatic heterocycles. The number of carbonyl (C=O) groups is 1. The van der Waals surface area contributed by atoms with Crippen LogP contribution in [0.4, 0.5) is 0 Å². The molecule has 3 saturated carbocycles. The van der Waals surface area contributed by atoms with E-state index in [0.717, 1.165) is 25.0 Å². The first kappa shape index (κ1) is 9.84. The first-order valence-electron chi connectivity index (χ1n) is 5.32. The van der Waals surface area contributed by atoms with Crippen molar-refractivity contribution in [1.82, 2.24) is 10.2 Å². The van der Waals surface area contributed by atoms with Crippen molar-refractivity contribution in [2.75, 3.05) is 14.2 Å². The zero-order valence-electron chi connectivity index (χ0n) is 9.37. The Labute approximate surface area is 93.1 Å². The third-order valence-corrected chi connectivity index (χ3v) is 3.96. The average Bonchev–Trinajstić information content (AvgIpc) is 2.63. The normalized spacial score (nSPS) is 35.1. The number of aromatic amines is 1. The van der Waals surface area contributed by atoms with Crippen LogP contribution < -0.4 is 0 Å². The van der Waals surface area contributed by atoms with E-state index in [-0.39, 0.29) is 11.0 Å². The number of carbonyl (C=O) groups excluding carboxylic acids is 1. The zero-order chi connectivity index (χ0) is 11.4. The lowest BCUT2D eigenvalue weighted by atomic mass is 9.40. The number of nitrogens with one attached hydrogen (secondary N) is 1. The van der Waals surface area contributed by atoms with Crippen molar-refractivity contribution >= 4 is 5.97 Å². The summed E-state index contributed by atoms with van der Waals surface area (Å²) in [6, 6.07) is 1.80. The van der Waals surface area contributed by atoms with Gasteiger partial charge in [0.2, 0.25) is 0 Å². The van der Waals surface area contributed by atoms with Crippen LogP contribution in [0.1, 0.15) is 35.4 Å². The van der Waals surface area contributed by atoms with Gasteiger partial charge in [-0.05, 0) is 25.3 Å². The fourth-order valence-electron chi connectivity index (χ4n) is 3.00. The number of hydrogen-bond acceptors (Lipinski definition) is 4. The van der Waals surface area contributed by atoms with Gasteiger partial charge in [-0.1, -0.05) is 0 Å². The quantitative estimate of drug-likeness (QED) is 0.775. The highest BCUT2D eigenvalue weighted by atomic mass is 16.5. The summed E-state index contributed by atoms with van der Waals surface area (Å²) in [5, 5.41) is 6.90. The van der Waals surface area contributed by atoms with E-state index in [9.17, 15) is 4.79 Å². The Bertz CT molecular complexity index is 432. The second-order valence-corrected chi connectivity index (χ2v) is 4.86. The molecule has 3 aliphatic carbocycles. The molecule has 86 valence electrons. The Balaban J connectivity index is 1.78. The number of ether oxygens (including phenoxy) is 2. The number of hydrogen-bond donors (Lipinski definition) is 1. The topological polar surface area (TPSA) is 64.2 Å². The lowest BCUT2D eigenvalue weighted by Crippen LogP contribution is -2.70. The Hall–Kier alpha value is -1.36. The van der Waals surface area contributed by atoms with E-state index >= 15 is 0 Å². The molecule has 0 spiro atoms. The Morgan fingerprint density at radius 1 is 1.44 bits per heavy atom. The van der Waals surface area contributed by atoms with E-state index in [2.05, 4.69) is 14.9 Å². The molecule has 2 bridgehead atoms.